The first-order valence-electron chi connectivity index (χ1n) is 13.4. The maximum absolute atomic E-state index is 13.6. The predicted molar refractivity (Wildman–Crippen MR) is 152 cm³/mol. The third kappa shape index (κ3) is 3.70. The van der Waals surface area contributed by atoms with Crippen molar-refractivity contribution in [2.75, 3.05) is 27.2 Å². The number of nitrogens with zero attached hydrogens (tertiary/aromatic N) is 4. The summed E-state index contributed by atoms with van der Waals surface area (Å²) in [6.07, 6.45) is 7.11. The average molecular weight is 564 g/mol. The van der Waals surface area contributed by atoms with Crippen LogP contribution in [0.5, 0.6) is 5.75 Å². The van der Waals surface area contributed by atoms with Crippen molar-refractivity contribution in [3.63, 3.8) is 0 Å². The number of ether oxygens (including phenoxy) is 1. The second kappa shape index (κ2) is 8.94. The molecule has 1 spiro atoms. The van der Waals surface area contributed by atoms with E-state index in [0.29, 0.717) is 27.6 Å². The van der Waals surface area contributed by atoms with Crippen LogP contribution >= 0.6 is 11.6 Å². The zero-order chi connectivity index (χ0) is 26.9. The van der Waals surface area contributed by atoms with Gasteiger partial charge in [0.2, 0.25) is 15.9 Å². The van der Waals surface area contributed by atoms with Crippen LogP contribution in [0, 0.1) is 0 Å². The van der Waals surface area contributed by atoms with Gasteiger partial charge in [0.05, 0.1) is 10.5 Å². The minimum Gasteiger partial charge on any atom is -0.436 e. The Morgan fingerprint density at radius 1 is 1.13 bits per heavy atom. The van der Waals surface area contributed by atoms with E-state index in [1.807, 2.05) is 24.3 Å². The number of aromatic nitrogens is 1. The monoisotopic (exact) mass is 563 g/mol. The molecule has 10 heteroatoms. The van der Waals surface area contributed by atoms with Crippen LogP contribution in [0.3, 0.4) is 0 Å². The predicted octanol–water partition coefficient (Wildman–Crippen LogP) is 4.85. The standard InChI is InChI=1S/C29H30ClN5O3S/c1-34(2)39(36,37)22-17-21-23(18-8-10-19(30)11-9-18)24-27-32-15-16-35(27)29(12-4-3-5-13-29)33-28(24)38-26(21)25-20(22)7-6-14-31-25/h6-11,14,17,23,32H,3-5,12-13,15-16H2,1-2H3. The third-order valence-electron chi connectivity index (χ3n) is 8.45. The minimum atomic E-state index is -3.77. The van der Waals surface area contributed by atoms with E-state index in [1.54, 1.807) is 38.5 Å². The summed E-state index contributed by atoms with van der Waals surface area (Å²) >= 11 is 6.30. The summed E-state index contributed by atoms with van der Waals surface area (Å²) in [5.41, 5.74) is 2.85. The van der Waals surface area contributed by atoms with Crippen LogP contribution in [0.2, 0.25) is 5.02 Å². The van der Waals surface area contributed by atoms with Crippen molar-refractivity contribution in [3.05, 3.63) is 76.2 Å². The van der Waals surface area contributed by atoms with E-state index in [-0.39, 0.29) is 16.5 Å². The van der Waals surface area contributed by atoms with Crippen molar-refractivity contribution in [1.29, 1.82) is 0 Å². The second-order valence-corrected chi connectivity index (χ2v) is 13.4. The maximum atomic E-state index is 13.6. The third-order valence-corrected chi connectivity index (χ3v) is 10.6. The molecule has 2 aromatic carbocycles. The van der Waals surface area contributed by atoms with Gasteiger partial charge in [0.25, 0.3) is 0 Å². The van der Waals surface area contributed by atoms with Gasteiger partial charge in [-0.3, -0.25) is 4.98 Å². The van der Waals surface area contributed by atoms with Gasteiger partial charge >= 0.3 is 0 Å². The summed E-state index contributed by atoms with van der Waals surface area (Å²) in [7, 11) is -0.682. The van der Waals surface area contributed by atoms with Crippen LogP contribution < -0.4 is 10.1 Å². The maximum Gasteiger partial charge on any atom is 0.243 e. The Hall–Kier alpha value is -3.14. The van der Waals surface area contributed by atoms with Gasteiger partial charge in [0, 0.05) is 55.3 Å². The first kappa shape index (κ1) is 24.9. The number of rotatable bonds is 3. The Kier molecular flexibility index (Phi) is 5.70. The van der Waals surface area contributed by atoms with Crippen LogP contribution in [-0.2, 0) is 10.0 Å². The smallest absolute Gasteiger partial charge is 0.243 e. The van der Waals surface area contributed by atoms with Crippen LogP contribution in [0.25, 0.3) is 10.9 Å². The summed E-state index contributed by atoms with van der Waals surface area (Å²) in [6, 6.07) is 13.1. The van der Waals surface area contributed by atoms with Gasteiger partial charge in [-0.1, -0.05) is 30.2 Å². The summed E-state index contributed by atoms with van der Waals surface area (Å²) in [4.78, 5) is 12.7. The van der Waals surface area contributed by atoms with Crippen molar-refractivity contribution >= 4 is 38.4 Å². The fourth-order valence-electron chi connectivity index (χ4n) is 6.59. The lowest BCUT2D eigenvalue weighted by Crippen LogP contribution is -2.52. The number of fused-ring (bicyclic) bond motifs is 6. The SMILES string of the molecule is CN(C)S(=O)(=O)c1cc2c(c3ncccc13)OC1=NC3(CCCCC3)N3CCNC3=C1C2c1ccc(Cl)cc1. The van der Waals surface area contributed by atoms with Gasteiger partial charge < -0.3 is 15.0 Å². The number of pyridine rings is 1. The number of aliphatic imine (C=N–C) groups is 1. The molecule has 1 aliphatic carbocycles. The summed E-state index contributed by atoms with van der Waals surface area (Å²) in [5.74, 6) is 1.87. The van der Waals surface area contributed by atoms with E-state index < -0.39 is 10.0 Å². The Morgan fingerprint density at radius 3 is 2.64 bits per heavy atom. The number of hydrogen-bond donors (Lipinski definition) is 1. The molecule has 0 amide bonds. The van der Waals surface area contributed by atoms with Crippen molar-refractivity contribution in [1.82, 2.24) is 19.5 Å². The molecule has 1 saturated heterocycles. The van der Waals surface area contributed by atoms with Crippen molar-refractivity contribution in [2.24, 2.45) is 4.99 Å². The van der Waals surface area contributed by atoms with E-state index >= 15 is 0 Å². The van der Waals surface area contributed by atoms with Gasteiger partial charge in [0.1, 0.15) is 17.0 Å². The minimum absolute atomic E-state index is 0.207. The quantitative estimate of drug-likeness (QED) is 0.490. The van der Waals surface area contributed by atoms with Crippen molar-refractivity contribution in [2.45, 2.75) is 48.6 Å². The van der Waals surface area contributed by atoms with E-state index in [2.05, 4.69) is 15.2 Å². The molecule has 1 atom stereocenters. The molecule has 39 heavy (non-hydrogen) atoms. The number of nitrogens with one attached hydrogen (secondary N) is 1. The lowest BCUT2D eigenvalue weighted by molar-refractivity contribution is 0.0992. The highest BCUT2D eigenvalue weighted by molar-refractivity contribution is 7.89. The Balaban J connectivity index is 1.56. The topological polar surface area (TPSA) is 87.1 Å². The Morgan fingerprint density at radius 2 is 1.90 bits per heavy atom. The number of halogens is 1. The highest BCUT2D eigenvalue weighted by Gasteiger charge is 2.50. The number of benzene rings is 2. The summed E-state index contributed by atoms with van der Waals surface area (Å²) < 4.78 is 35.1. The van der Waals surface area contributed by atoms with Crippen LogP contribution in [-0.4, -0.2) is 61.4 Å². The summed E-state index contributed by atoms with van der Waals surface area (Å²) in [5, 5.41) is 4.81. The van der Waals surface area contributed by atoms with Gasteiger partial charge in [-0.2, -0.15) is 0 Å². The lowest BCUT2D eigenvalue weighted by atomic mass is 9.79. The van der Waals surface area contributed by atoms with E-state index in [1.165, 1.54) is 10.7 Å². The average Bonchev–Trinajstić information content (AvgIpc) is 3.44. The molecule has 4 heterocycles. The van der Waals surface area contributed by atoms with Gasteiger partial charge in [0.15, 0.2) is 5.75 Å². The molecule has 1 unspecified atom stereocenters. The first-order valence-corrected chi connectivity index (χ1v) is 15.3. The van der Waals surface area contributed by atoms with Crippen LogP contribution in [0.4, 0.5) is 0 Å². The van der Waals surface area contributed by atoms with Crippen LogP contribution in [0.15, 0.2) is 69.9 Å². The highest BCUT2D eigenvalue weighted by Crippen LogP contribution is 2.52. The fourth-order valence-corrected chi connectivity index (χ4v) is 7.83. The molecule has 7 rings (SSSR count). The van der Waals surface area contributed by atoms with Crippen molar-refractivity contribution < 1.29 is 13.2 Å². The molecule has 1 N–H and O–H groups in total. The normalized spacial score (nSPS) is 21.8. The largest absolute Gasteiger partial charge is 0.436 e. The fraction of sp³-hybridized carbons (Fsp3) is 0.379. The molecular formula is C29H30ClN5O3S. The van der Waals surface area contributed by atoms with Crippen LogP contribution in [0.1, 0.15) is 49.1 Å². The zero-order valence-electron chi connectivity index (χ0n) is 21.9. The zero-order valence-corrected chi connectivity index (χ0v) is 23.5. The Labute approximate surface area is 233 Å². The lowest BCUT2D eigenvalue weighted by Gasteiger charge is -2.48. The molecule has 0 radical (unpaired) electrons. The number of hydrogen-bond acceptors (Lipinski definition) is 7. The van der Waals surface area contributed by atoms with E-state index in [0.717, 1.165) is 61.3 Å². The van der Waals surface area contributed by atoms with E-state index in [4.69, 9.17) is 21.3 Å². The molecule has 0 bridgehead atoms. The molecule has 3 aromatic rings. The number of sulfonamides is 1. The second-order valence-electron chi connectivity index (χ2n) is 10.9. The summed E-state index contributed by atoms with van der Waals surface area (Å²) in [6.45, 7) is 1.69. The molecule has 3 aliphatic heterocycles. The van der Waals surface area contributed by atoms with Gasteiger partial charge in [-0.15, -0.1) is 0 Å². The first-order chi connectivity index (χ1) is 18.8. The van der Waals surface area contributed by atoms with Gasteiger partial charge in [-0.25, -0.2) is 17.7 Å². The molecule has 2 fully saturated rings. The van der Waals surface area contributed by atoms with E-state index in [9.17, 15) is 8.42 Å². The molecule has 4 aliphatic rings. The molecule has 1 aromatic heterocycles. The molecule has 1 saturated carbocycles. The molecule has 202 valence electrons. The molecular weight excluding hydrogens is 534 g/mol. The Bertz CT molecular complexity index is 1660. The van der Waals surface area contributed by atoms with Crippen molar-refractivity contribution in [3.8, 4) is 5.75 Å². The highest BCUT2D eigenvalue weighted by atomic mass is 35.5. The molecule has 8 nitrogen and oxygen atoms in total. The van der Waals surface area contributed by atoms with Gasteiger partial charge in [-0.05, 0) is 61.6 Å².